The van der Waals surface area contributed by atoms with E-state index < -0.39 is 12.7 Å². The summed E-state index contributed by atoms with van der Waals surface area (Å²) < 4.78 is 85.2. The van der Waals surface area contributed by atoms with Crippen LogP contribution in [0.25, 0.3) is 33.8 Å². The first-order valence-corrected chi connectivity index (χ1v) is 18.6. The number of nitrogens with zero attached hydrogens (tertiary/aromatic N) is 6. The molecule has 0 amide bonds. The van der Waals surface area contributed by atoms with Gasteiger partial charge in [-0.15, -0.1) is 31.4 Å². The maximum absolute atomic E-state index is 12.5. The fourth-order valence-electron chi connectivity index (χ4n) is 6.52. The number of hydrogen-bond acceptors (Lipinski definition) is 10. The maximum Gasteiger partial charge on any atom is 0.573 e. The summed E-state index contributed by atoms with van der Waals surface area (Å²) in [6.07, 6.45) is 2.03. The molecule has 8 rings (SSSR count). The van der Waals surface area contributed by atoms with Crippen LogP contribution in [0.4, 0.5) is 32.2 Å². The highest BCUT2D eigenvalue weighted by Crippen LogP contribution is 2.30. The van der Waals surface area contributed by atoms with Crippen LogP contribution in [0.3, 0.4) is 0 Å². The fourth-order valence-corrected chi connectivity index (χ4v) is 6.66. The van der Waals surface area contributed by atoms with Crippen LogP contribution in [0, 0.1) is 0 Å². The molecular weight excluding hydrogens is 778 g/mol. The predicted octanol–water partition coefficient (Wildman–Crippen LogP) is 8.14. The largest absolute Gasteiger partial charge is 0.573 e. The highest BCUT2D eigenvalue weighted by atomic mass is 35.5. The molecule has 0 saturated heterocycles. The number of ether oxygens (including phenoxy) is 2. The molecule has 2 aliphatic rings. The van der Waals surface area contributed by atoms with Crippen LogP contribution in [0.2, 0.25) is 5.15 Å². The van der Waals surface area contributed by atoms with Crippen molar-refractivity contribution in [3.05, 3.63) is 90.3 Å². The third-order valence-electron chi connectivity index (χ3n) is 9.36. The van der Waals surface area contributed by atoms with Crippen molar-refractivity contribution in [2.45, 2.75) is 88.3 Å². The second kappa shape index (κ2) is 18.0. The monoisotopic (exact) mass is 818 g/mol. The predicted molar refractivity (Wildman–Crippen MR) is 203 cm³/mol. The average Bonchev–Trinajstić information content (AvgIpc) is 3.77. The first-order chi connectivity index (χ1) is 27.1. The number of fused-ring (bicyclic) bond motifs is 2. The van der Waals surface area contributed by atoms with E-state index in [0.717, 1.165) is 51.4 Å². The summed E-state index contributed by atoms with van der Waals surface area (Å²) in [5.41, 5.74) is 20.5. The zero-order valence-corrected chi connectivity index (χ0v) is 31.2. The lowest BCUT2D eigenvalue weighted by Crippen LogP contribution is -2.33. The van der Waals surface area contributed by atoms with Crippen LogP contribution >= 0.6 is 11.6 Å². The lowest BCUT2D eigenvalue weighted by molar-refractivity contribution is -0.275. The third-order valence-corrected chi connectivity index (χ3v) is 9.56. The molecule has 0 radical (unpaired) electrons. The van der Waals surface area contributed by atoms with Crippen LogP contribution in [0.15, 0.2) is 85.2 Å². The first-order valence-electron chi connectivity index (χ1n) is 18.2. The number of anilines is 1. The van der Waals surface area contributed by atoms with Crippen molar-refractivity contribution in [1.29, 1.82) is 0 Å². The van der Waals surface area contributed by atoms with Gasteiger partial charge in [0.15, 0.2) is 11.3 Å². The van der Waals surface area contributed by atoms with Crippen LogP contribution < -0.4 is 32.0 Å². The molecule has 7 N–H and O–H groups in total. The molecule has 0 spiro atoms. The molecule has 2 aliphatic carbocycles. The maximum atomic E-state index is 12.5. The Labute approximate surface area is 328 Å². The molecule has 0 bridgehead atoms. The minimum atomic E-state index is -4.74. The highest BCUT2D eigenvalue weighted by Gasteiger charge is 2.32. The first kappa shape index (κ1) is 41.5. The van der Waals surface area contributed by atoms with E-state index in [2.05, 4.69) is 35.0 Å². The van der Waals surface area contributed by atoms with Gasteiger partial charge in [-0.1, -0.05) is 35.9 Å². The van der Waals surface area contributed by atoms with Gasteiger partial charge in [-0.05, 0) is 99.9 Å². The number of nitrogens with one attached hydrogen (secondary N) is 1. The van der Waals surface area contributed by atoms with E-state index in [1.54, 1.807) is 35.0 Å². The Morgan fingerprint density at radius 2 is 1.04 bits per heavy atom. The molecule has 4 aromatic heterocycles. The van der Waals surface area contributed by atoms with Gasteiger partial charge in [0.25, 0.3) is 0 Å². The standard InChI is InChI=1S/C19H20F3N5O.C13H7ClF3N3O.C6H14N2/c20-19(21,22)28-15-3-1-2-12(10-15)16-11-24-18-9-8-17(26-27(16)18)25-14-6-4-13(23)5-7-14;14-11-4-5-12-18-7-10(20(12)19-11)8-2-1-3-9(6-8)21-13(15,16)17;7-5-1-2-6(8)4-3-5/h1-3,8-11,13-14H,4-7,23H2,(H,25,26);1-7H;5-6H,1-4,7-8H2. The molecule has 0 atom stereocenters. The van der Waals surface area contributed by atoms with Crippen molar-refractivity contribution in [3.63, 3.8) is 0 Å². The van der Waals surface area contributed by atoms with Crippen molar-refractivity contribution in [2.24, 2.45) is 17.2 Å². The van der Waals surface area contributed by atoms with E-state index in [-0.39, 0.29) is 22.7 Å². The van der Waals surface area contributed by atoms with Gasteiger partial charge in [-0.25, -0.2) is 19.0 Å². The molecule has 2 fully saturated rings. The van der Waals surface area contributed by atoms with E-state index in [0.29, 0.717) is 57.8 Å². The Morgan fingerprint density at radius 1 is 0.596 bits per heavy atom. The number of halogens is 7. The Morgan fingerprint density at radius 3 is 1.51 bits per heavy atom. The van der Waals surface area contributed by atoms with E-state index in [1.165, 1.54) is 47.1 Å². The summed E-state index contributed by atoms with van der Waals surface area (Å²) in [5, 5.41) is 12.3. The van der Waals surface area contributed by atoms with Crippen LogP contribution in [-0.2, 0) is 0 Å². The van der Waals surface area contributed by atoms with Gasteiger partial charge in [0.1, 0.15) is 22.5 Å². The van der Waals surface area contributed by atoms with Crippen molar-refractivity contribution in [1.82, 2.24) is 29.2 Å². The normalized spacial score (nSPS) is 19.9. The molecule has 304 valence electrons. The van der Waals surface area contributed by atoms with Crippen molar-refractivity contribution in [2.75, 3.05) is 5.32 Å². The lowest BCUT2D eigenvalue weighted by Gasteiger charge is -2.27. The van der Waals surface area contributed by atoms with Crippen molar-refractivity contribution in [3.8, 4) is 34.0 Å². The lowest BCUT2D eigenvalue weighted by atomic mass is 9.92. The molecule has 0 aliphatic heterocycles. The smallest absolute Gasteiger partial charge is 0.406 e. The molecule has 57 heavy (non-hydrogen) atoms. The van der Waals surface area contributed by atoms with E-state index in [9.17, 15) is 26.3 Å². The van der Waals surface area contributed by atoms with Gasteiger partial charge in [0.2, 0.25) is 0 Å². The van der Waals surface area contributed by atoms with E-state index in [4.69, 9.17) is 28.8 Å². The summed E-state index contributed by atoms with van der Waals surface area (Å²) in [7, 11) is 0. The minimum absolute atomic E-state index is 0.254. The van der Waals surface area contributed by atoms with Gasteiger partial charge in [-0.2, -0.15) is 5.10 Å². The summed E-state index contributed by atoms with van der Waals surface area (Å²) in [6.45, 7) is 0. The number of nitrogens with two attached hydrogens (primary N) is 3. The topological polar surface area (TPSA) is 169 Å². The Balaban J connectivity index is 0.000000166. The SMILES string of the molecule is FC(F)(F)Oc1cccc(-c2cnc3ccc(Cl)nn23)c1.NC1CCC(N)CC1.NC1CCC(Nc2ccc3ncc(-c4cccc(OC(F)(F)F)c4)n3n2)CC1. The average molecular weight is 819 g/mol. The van der Waals surface area contributed by atoms with Gasteiger partial charge >= 0.3 is 12.7 Å². The van der Waals surface area contributed by atoms with Gasteiger partial charge in [0, 0.05) is 35.3 Å². The number of hydrogen-bond donors (Lipinski definition) is 4. The zero-order chi connectivity index (χ0) is 40.7. The van der Waals surface area contributed by atoms with Crippen molar-refractivity contribution >= 4 is 28.7 Å². The highest BCUT2D eigenvalue weighted by molar-refractivity contribution is 6.29. The van der Waals surface area contributed by atoms with Crippen LogP contribution in [0.5, 0.6) is 11.5 Å². The summed E-state index contributed by atoms with van der Waals surface area (Å²) in [6, 6.07) is 19.7. The summed E-state index contributed by atoms with van der Waals surface area (Å²) >= 11 is 5.82. The number of rotatable bonds is 6. The molecule has 0 unspecified atom stereocenters. The number of alkyl halides is 6. The minimum Gasteiger partial charge on any atom is -0.406 e. The van der Waals surface area contributed by atoms with Gasteiger partial charge < -0.3 is 32.0 Å². The molecule has 4 heterocycles. The molecule has 12 nitrogen and oxygen atoms in total. The van der Waals surface area contributed by atoms with Crippen LogP contribution in [-0.4, -0.2) is 66.1 Å². The number of imidazole rings is 2. The Hall–Kier alpha value is -5.17. The second-order valence-corrected chi connectivity index (χ2v) is 14.2. The zero-order valence-electron chi connectivity index (χ0n) is 30.4. The Kier molecular flexibility index (Phi) is 13.1. The number of aromatic nitrogens is 6. The quantitative estimate of drug-likeness (QED) is 0.120. The molecule has 2 saturated carbocycles. The number of benzene rings is 2. The second-order valence-electron chi connectivity index (χ2n) is 13.8. The fraction of sp³-hybridized carbons (Fsp3) is 0.368. The Bertz CT molecular complexity index is 2220. The van der Waals surface area contributed by atoms with Crippen molar-refractivity contribution < 1.29 is 35.8 Å². The molecule has 2 aromatic carbocycles. The van der Waals surface area contributed by atoms with E-state index in [1.807, 2.05) is 12.1 Å². The van der Waals surface area contributed by atoms with E-state index >= 15 is 0 Å². The van der Waals surface area contributed by atoms with Gasteiger partial charge in [-0.3, -0.25) is 0 Å². The van der Waals surface area contributed by atoms with Crippen LogP contribution in [0.1, 0.15) is 51.4 Å². The summed E-state index contributed by atoms with van der Waals surface area (Å²) in [5.74, 6) is 0.0969. The molecular formula is C38H41ClF6N10O2. The molecule has 19 heteroatoms. The molecule has 6 aromatic rings. The third kappa shape index (κ3) is 11.9. The van der Waals surface area contributed by atoms with Gasteiger partial charge in [0.05, 0.1) is 23.8 Å². The summed E-state index contributed by atoms with van der Waals surface area (Å²) in [4.78, 5) is 8.41.